The summed E-state index contributed by atoms with van der Waals surface area (Å²) in [5.74, 6) is -0.0954. The predicted octanol–water partition coefficient (Wildman–Crippen LogP) is 2.85. The third kappa shape index (κ3) is 8.86. The fourth-order valence-corrected chi connectivity index (χ4v) is 0.883. The quantitative estimate of drug-likeness (QED) is 0.358. The van der Waals surface area contributed by atoms with Gasteiger partial charge in [0.15, 0.2) is 0 Å². The predicted molar refractivity (Wildman–Crippen MR) is 54.4 cm³/mol. The van der Waals surface area contributed by atoms with E-state index in [1.807, 2.05) is 32.1 Å². The van der Waals surface area contributed by atoms with E-state index in [0.29, 0.717) is 13.0 Å². The fraction of sp³-hybridized carbons (Fsp3) is 0.545. The van der Waals surface area contributed by atoms with Crippen molar-refractivity contribution >= 4 is 5.97 Å². The summed E-state index contributed by atoms with van der Waals surface area (Å²) in [6.45, 7) is 4.28. The maximum atomic E-state index is 10.9. The summed E-state index contributed by atoms with van der Waals surface area (Å²) >= 11 is 0. The molecule has 0 N–H and O–H groups in total. The Balaban J connectivity index is 3.29. The van der Waals surface area contributed by atoms with Crippen LogP contribution >= 0.6 is 0 Å². The molecule has 0 aromatic heterocycles. The number of allylic oxidation sites excluding steroid dienone is 4. The van der Waals surface area contributed by atoms with Gasteiger partial charge in [0.1, 0.15) is 0 Å². The Hall–Kier alpha value is -1.05. The zero-order valence-electron chi connectivity index (χ0n) is 8.45. The van der Waals surface area contributed by atoms with E-state index < -0.39 is 0 Å². The van der Waals surface area contributed by atoms with Gasteiger partial charge < -0.3 is 4.74 Å². The molecule has 0 aromatic carbocycles. The summed E-state index contributed by atoms with van der Waals surface area (Å²) in [6, 6.07) is 0. The van der Waals surface area contributed by atoms with Crippen LogP contribution in [0.1, 0.15) is 33.1 Å². The van der Waals surface area contributed by atoms with Gasteiger partial charge in [-0.25, -0.2) is 0 Å². The number of hydrogen-bond donors (Lipinski definition) is 0. The van der Waals surface area contributed by atoms with Crippen LogP contribution in [-0.4, -0.2) is 12.6 Å². The van der Waals surface area contributed by atoms with Crippen molar-refractivity contribution in [2.75, 3.05) is 6.61 Å². The summed E-state index contributed by atoms with van der Waals surface area (Å²) in [4.78, 5) is 10.9. The first-order valence-corrected chi connectivity index (χ1v) is 4.74. The van der Waals surface area contributed by atoms with Crippen LogP contribution in [0.4, 0.5) is 0 Å². The third-order valence-electron chi connectivity index (χ3n) is 1.50. The SMILES string of the molecule is CC=C/C=C\CCCC(=O)OCC. The molecule has 74 valence electrons. The lowest BCUT2D eigenvalue weighted by atomic mass is 10.2. The maximum absolute atomic E-state index is 10.9. The highest BCUT2D eigenvalue weighted by Gasteiger charge is 1.98. The van der Waals surface area contributed by atoms with Crippen LogP contribution in [0.3, 0.4) is 0 Å². The maximum Gasteiger partial charge on any atom is 0.305 e. The van der Waals surface area contributed by atoms with Gasteiger partial charge in [-0.15, -0.1) is 0 Å². The number of rotatable bonds is 6. The monoisotopic (exact) mass is 182 g/mol. The van der Waals surface area contributed by atoms with Crippen molar-refractivity contribution in [1.82, 2.24) is 0 Å². The molecule has 0 radical (unpaired) electrons. The van der Waals surface area contributed by atoms with E-state index in [0.717, 1.165) is 12.8 Å². The minimum Gasteiger partial charge on any atom is -0.466 e. The average Bonchev–Trinajstić information content (AvgIpc) is 2.11. The normalized spacial score (nSPS) is 11.2. The van der Waals surface area contributed by atoms with Crippen molar-refractivity contribution in [3.63, 3.8) is 0 Å². The lowest BCUT2D eigenvalue weighted by Gasteiger charge is -1.98. The highest BCUT2D eigenvalue weighted by molar-refractivity contribution is 5.69. The number of hydrogen-bond acceptors (Lipinski definition) is 2. The van der Waals surface area contributed by atoms with Gasteiger partial charge in [-0.3, -0.25) is 4.79 Å². The van der Waals surface area contributed by atoms with Crippen LogP contribution < -0.4 is 0 Å². The van der Waals surface area contributed by atoms with Gasteiger partial charge in [-0.2, -0.15) is 0 Å². The van der Waals surface area contributed by atoms with Crippen molar-refractivity contribution in [2.45, 2.75) is 33.1 Å². The zero-order chi connectivity index (χ0) is 9.94. The molecule has 0 atom stereocenters. The summed E-state index contributed by atoms with van der Waals surface area (Å²) < 4.78 is 4.79. The fourth-order valence-electron chi connectivity index (χ4n) is 0.883. The number of carbonyl (C=O) groups excluding carboxylic acids is 1. The van der Waals surface area contributed by atoms with Crippen molar-refractivity contribution in [3.8, 4) is 0 Å². The molecule has 0 saturated heterocycles. The van der Waals surface area contributed by atoms with Gasteiger partial charge in [0, 0.05) is 6.42 Å². The smallest absolute Gasteiger partial charge is 0.305 e. The summed E-state index contributed by atoms with van der Waals surface area (Å²) in [7, 11) is 0. The molecular weight excluding hydrogens is 164 g/mol. The first-order valence-electron chi connectivity index (χ1n) is 4.74. The van der Waals surface area contributed by atoms with Crippen LogP contribution in [0.15, 0.2) is 24.3 Å². The summed E-state index contributed by atoms with van der Waals surface area (Å²) in [5.41, 5.74) is 0. The number of carbonyl (C=O) groups is 1. The number of esters is 1. The van der Waals surface area contributed by atoms with Crippen LogP contribution in [0, 0.1) is 0 Å². The molecule has 0 fully saturated rings. The van der Waals surface area contributed by atoms with Crippen LogP contribution in [0.25, 0.3) is 0 Å². The Morgan fingerprint density at radius 1 is 1.38 bits per heavy atom. The molecule has 0 rings (SSSR count). The van der Waals surface area contributed by atoms with E-state index in [4.69, 9.17) is 4.74 Å². The van der Waals surface area contributed by atoms with Gasteiger partial charge in [0.25, 0.3) is 0 Å². The molecule has 0 aliphatic heterocycles. The Kier molecular flexibility index (Phi) is 8.31. The largest absolute Gasteiger partial charge is 0.466 e. The second-order valence-electron chi connectivity index (χ2n) is 2.65. The molecule has 0 aliphatic carbocycles. The zero-order valence-corrected chi connectivity index (χ0v) is 8.45. The molecular formula is C11H18O2. The minimum atomic E-state index is -0.0954. The molecule has 0 bridgehead atoms. The molecule has 0 unspecified atom stereocenters. The van der Waals surface area contributed by atoms with Crippen LogP contribution in [0.5, 0.6) is 0 Å². The number of unbranched alkanes of at least 4 members (excludes halogenated alkanes) is 1. The van der Waals surface area contributed by atoms with Crippen molar-refractivity contribution in [3.05, 3.63) is 24.3 Å². The molecule has 0 aromatic rings. The topological polar surface area (TPSA) is 26.3 Å². The Bertz CT molecular complexity index is 181. The van der Waals surface area contributed by atoms with Gasteiger partial charge in [-0.1, -0.05) is 24.3 Å². The molecule has 13 heavy (non-hydrogen) atoms. The van der Waals surface area contributed by atoms with Gasteiger partial charge in [-0.05, 0) is 26.7 Å². The number of ether oxygens (including phenoxy) is 1. The average molecular weight is 182 g/mol. The Labute approximate surface area is 80.3 Å². The van der Waals surface area contributed by atoms with Crippen molar-refractivity contribution in [1.29, 1.82) is 0 Å². The molecule has 2 nitrogen and oxygen atoms in total. The molecule has 0 spiro atoms. The van der Waals surface area contributed by atoms with Gasteiger partial charge >= 0.3 is 5.97 Å². The Morgan fingerprint density at radius 2 is 2.15 bits per heavy atom. The lowest BCUT2D eigenvalue weighted by molar-refractivity contribution is -0.143. The minimum absolute atomic E-state index is 0.0954. The summed E-state index contributed by atoms with van der Waals surface area (Å²) in [5, 5.41) is 0. The third-order valence-corrected chi connectivity index (χ3v) is 1.50. The van der Waals surface area contributed by atoms with Gasteiger partial charge in [0.05, 0.1) is 6.61 Å². The van der Waals surface area contributed by atoms with Crippen LogP contribution in [-0.2, 0) is 9.53 Å². The highest BCUT2D eigenvalue weighted by atomic mass is 16.5. The second-order valence-corrected chi connectivity index (χ2v) is 2.65. The lowest BCUT2D eigenvalue weighted by Crippen LogP contribution is -2.02. The molecule has 0 amide bonds. The highest BCUT2D eigenvalue weighted by Crippen LogP contribution is 1.98. The Morgan fingerprint density at radius 3 is 2.77 bits per heavy atom. The molecule has 0 heterocycles. The molecule has 0 saturated carbocycles. The van der Waals surface area contributed by atoms with E-state index in [2.05, 4.69) is 6.08 Å². The second kappa shape index (κ2) is 9.04. The molecule has 2 heteroatoms. The molecule has 0 aliphatic rings. The van der Waals surface area contributed by atoms with E-state index in [1.54, 1.807) is 0 Å². The van der Waals surface area contributed by atoms with Crippen molar-refractivity contribution < 1.29 is 9.53 Å². The first-order chi connectivity index (χ1) is 6.31. The van der Waals surface area contributed by atoms with E-state index in [-0.39, 0.29) is 5.97 Å². The summed E-state index contributed by atoms with van der Waals surface area (Å²) in [6.07, 6.45) is 10.3. The van der Waals surface area contributed by atoms with E-state index in [1.165, 1.54) is 0 Å². The first kappa shape index (κ1) is 11.9. The van der Waals surface area contributed by atoms with Gasteiger partial charge in [0.2, 0.25) is 0 Å². The van der Waals surface area contributed by atoms with E-state index in [9.17, 15) is 4.79 Å². The standard InChI is InChI=1S/C11H18O2/c1-3-5-6-7-8-9-10-11(12)13-4-2/h3,5-7H,4,8-10H2,1-2H3/b5-3?,7-6-. The van der Waals surface area contributed by atoms with Crippen molar-refractivity contribution in [2.24, 2.45) is 0 Å². The van der Waals surface area contributed by atoms with Crippen LogP contribution in [0.2, 0.25) is 0 Å². The van der Waals surface area contributed by atoms with E-state index >= 15 is 0 Å².